The van der Waals surface area contributed by atoms with Crippen LogP contribution in [0, 0.1) is 17.0 Å². The lowest BCUT2D eigenvalue weighted by atomic mass is 10.2. The number of benzene rings is 2. The van der Waals surface area contributed by atoms with Gasteiger partial charge in [0.25, 0.3) is 14.1 Å². The Labute approximate surface area is 244 Å². The molecule has 0 aliphatic carbocycles. The molecule has 6 N–H and O–H groups in total. The zero-order valence-electron chi connectivity index (χ0n) is 23.2. The van der Waals surface area contributed by atoms with Gasteiger partial charge in [0.05, 0.1) is 19.7 Å². The number of nitrogen functional groups attached to an aromatic ring is 1. The van der Waals surface area contributed by atoms with Gasteiger partial charge in [0.1, 0.15) is 23.2 Å². The van der Waals surface area contributed by atoms with Gasteiger partial charge in [-0.2, -0.15) is 10.2 Å². The van der Waals surface area contributed by atoms with Crippen molar-refractivity contribution in [1.29, 1.82) is 5.41 Å². The maximum absolute atomic E-state index is 13.4. The number of aromatic nitrogens is 4. The fraction of sp³-hybridized carbons (Fsp3) is 0.259. The summed E-state index contributed by atoms with van der Waals surface area (Å²) in [6.45, 7) is 2.65. The minimum Gasteiger partial charge on any atom is -0.461 e. The van der Waals surface area contributed by atoms with Gasteiger partial charge in [-0.1, -0.05) is 36.4 Å². The number of amidine groups is 1. The van der Waals surface area contributed by atoms with Gasteiger partial charge in [-0.15, -0.1) is 29.8 Å². The number of carbonyl (C=O) groups excluding carboxylic acids is 1. The summed E-state index contributed by atoms with van der Waals surface area (Å²) < 4.78 is 34.6. The number of rotatable bonds is 7. The molecule has 0 spiro atoms. The molecule has 0 radical (unpaired) electrons. The van der Waals surface area contributed by atoms with Crippen LogP contribution in [0.4, 0.5) is 8.78 Å². The second-order valence-corrected chi connectivity index (χ2v) is 12.3. The highest BCUT2D eigenvalue weighted by molar-refractivity contribution is 6.54. The Balaban J connectivity index is 0.000000646. The Morgan fingerprint density at radius 2 is 1.27 bits per heavy atom. The maximum Gasteiger partial charge on any atom is 0.358 e. The number of halogens is 3. The summed E-state index contributed by atoms with van der Waals surface area (Å²) in [5.41, 5.74) is 6.99. The largest absolute Gasteiger partial charge is 0.461 e. The average molecular weight is 592 g/mol. The van der Waals surface area contributed by atoms with Crippen molar-refractivity contribution in [3.8, 4) is 0 Å². The summed E-state index contributed by atoms with van der Waals surface area (Å²) in [6.07, 6.45) is 3.29. The molecule has 2 heterocycles. The van der Waals surface area contributed by atoms with Crippen LogP contribution < -0.4 is 11.9 Å². The van der Waals surface area contributed by atoms with E-state index < -0.39 is 5.97 Å². The van der Waals surface area contributed by atoms with Crippen LogP contribution in [0.2, 0.25) is 17.4 Å². The molecule has 4 aromatic rings. The van der Waals surface area contributed by atoms with E-state index in [1.807, 2.05) is 0 Å². The van der Waals surface area contributed by atoms with E-state index in [1.54, 1.807) is 72.5 Å². The molecule has 0 fully saturated rings. The van der Waals surface area contributed by atoms with E-state index in [2.05, 4.69) is 27.6 Å². The number of esters is 1. The molecule has 0 saturated carbocycles. The molecule has 4 rings (SSSR count). The molecule has 9 nitrogen and oxygen atoms in total. The first-order valence-corrected chi connectivity index (χ1v) is 15.6. The average Bonchev–Trinajstić information content (AvgIpc) is 3.53. The predicted octanol–water partition coefficient (Wildman–Crippen LogP) is 5.56. The standard InChI is InChI=1S/C13H13FN2O2.C11H11FN4.3CH3.Al.ClH.H3N/c1-2-18-13(17)12-7-8-16(15-12)9-10-5-3-4-6-11(10)14;12-9-4-2-1-3-8(9)7-16-6-5-10(15-16)11(13)14;;;;;;/h3-8H,2,9H2,1H3;1-6H,7H2,(H3,13,14);3*1H3;;1H;1H3. The summed E-state index contributed by atoms with van der Waals surface area (Å²) >= 11 is -0.139. The fourth-order valence-electron chi connectivity index (χ4n) is 2.96. The number of nitrogens with one attached hydrogen (secondary N) is 1. The lowest BCUT2D eigenvalue weighted by molar-refractivity contribution is 0.0518. The van der Waals surface area contributed by atoms with Gasteiger partial charge in [0, 0.05) is 23.5 Å². The van der Waals surface area contributed by atoms with E-state index in [1.165, 1.54) is 16.8 Å². The summed E-state index contributed by atoms with van der Waals surface area (Å²) in [4.78, 5) is 11.4. The van der Waals surface area contributed by atoms with Gasteiger partial charge in [-0.05, 0) is 31.2 Å². The number of carbonyl (C=O) groups is 1. The van der Waals surface area contributed by atoms with E-state index >= 15 is 0 Å². The van der Waals surface area contributed by atoms with Gasteiger partial charge in [-0.25, -0.2) is 13.6 Å². The molecular weight excluding hydrogens is 555 g/mol. The number of nitrogens with zero attached hydrogens (tertiary/aromatic N) is 4. The van der Waals surface area contributed by atoms with E-state index in [0.717, 1.165) is 0 Å². The first-order chi connectivity index (χ1) is 18.1. The van der Waals surface area contributed by atoms with E-state index in [0.29, 0.717) is 30.0 Å². The molecule has 40 heavy (non-hydrogen) atoms. The summed E-state index contributed by atoms with van der Waals surface area (Å²) in [5.74, 6) is 5.81. The molecule has 0 amide bonds. The molecule has 216 valence electrons. The van der Waals surface area contributed by atoms with Crippen LogP contribution in [-0.4, -0.2) is 52.1 Å². The van der Waals surface area contributed by atoms with Gasteiger partial charge >= 0.3 is 5.97 Å². The monoisotopic (exact) mass is 591 g/mol. The van der Waals surface area contributed by atoms with Gasteiger partial charge < -0.3 is 16.6 Å². The van der Waals surface area contributed by atoms with Crippen LogP contribution >= 0.6 is 12.4 Å². The van der Waals surface area contributed by atoms with Crippen molar-refractivity contribution in [2.24, 2.45) is 5.73 Å². The topological polar surface area (TPSA) is 147 Å². The van der Waals surface area contributed by atoms with Crippen LogP contribution in [0.25, 0.3) is 0 Å². The molecule has 0 aliphatic rings. The normalized spacial score (nSPS) is 9.45. The Morgan fingerprint density at radius 1 is 0.875 bits per heavy atom. The third kappa shape index (κ3) is 12.5. The lowest BCUT2D eigenvalue weighted by Gasteiger charge is -2.03. The predicted molar refractivity (Wildman–Crippen MR) is 158 cm³/mol. The first-order valence-electron chi connectivity index (χ1n) is 12.2. The minimum absolute atomic E-state index is 0. The third-order valence-electron chi connectivity index (χ3n) is 4.62. The Hall–Kier alpha value is -3.56. The number of hydrogen-bond acceptors (Lipinski definition) is 6. The van der Waals surface area contributed by atoms with Gasteiger partial charge in [-0.3, -0.25) is 14.8 Å². The maximum atomic E-state index is 13.4. The quantitative estimate of drug-likeness (QED) is 0.111. The van der Waals surface area contributed by atoms with Gasteiger partial charge in [0.2, 0.25) is 0 Å². The second kappa shape index (κ2) is 18.7. The lowest BCUT2D eigenvalue weighted by Crippen LogP contribution is -2.13. The number of nitrogens with two attached hydrogens (primary N) is 1. The first kappa shape index (κ1) is 36.4. The highest BCUT2D eigenvalue weighted by Crippen LogP contribution is 2.10. The highest BCUT2D eigenvalue weighted by Gasteiger charge is 2.11. The molecule has 0 saturated heterocycles. The van der Waals surface area contributed by atoms with Crippen molar-refractivity contribution in [2.75, 3.05) is 6.61 Å². The zero-order valence-corrected chi connectivity index (χ0v) is 25.2. The molecule has 2 aromatic heterocycles. The SMILES string of the molecule is CCOC(=O)c1ccn(Cc2ccccc2F)n1.Cl.N.N=C(N)c1ccn(Cc2ccccc2F)n1.[CH3][Al]([CH3])[CH3]. The number of ether oxygens (including phenoxy) is 1. The van der Waals surface area contributed by atoms with Crippen molar-refractivity contribution in [1.82, 2.24) is 25.7 Å². The zero-order chi connectivity index (χ0) is 28.1. The second-order valence-electron chi connectivity index (χ2n) is 8.85. The molecular formula is C27H37AlClF2N7O2. The van der Waals surface area contributed by atoms with Crippen molar-refractivity contribution in [2.45, 2.75) is 37.4 Å². The van der Waals surface area contributed by atoms with Crippen LogP contribution in [0.3, 0.4) is 0 Å². The Kier molecular flexibility index (Phi) is 17.0. The van der Waals surface area contributed by atoms with Crippen LogP contribution in [0.1, 0.15) is 34.2 Å². The van der Waals surface area contributed by atoms with Gasteiger partial charge in [0.15, 0.2) is 5.69 Å². The highest BCUT2D eigenvalue weighted by atomic mass is 35.5. The summed E-state index contributed by atoms with van der Waals surface area (Å²) in [6, 6.07) is 16.2. The Morgan fingerprint density at radius 3 is 1.65 bits per heavy atom. The van der Waals surface area contributed by atoms with E-state index in [-0.39, 0.29) is 62.4 Å². The Bertz CT molecular complexity index is 1330. The van der Waals surface area contributed by atoms with Crippen LogP contribution in [0.15, 0.2) is 73.1 Å². The number of hydrogen-bond donors (Lipinski definition) is 3. The summed E-state index contributed by atoms with van der Waals surface area (Å²) in [7, 11) is 0. The van der Waals surface area contributed by atoms with Crippen molar-refractivity contribution in [3.63, 3.8) is 0 Å². The minimum atomic E-state index is -0.468. The smallest absolute Gasteiger partial charge is 0.358 e. The fourth-order valence-corrected chi connectivity index (χ4v) is 2.96. The molecule has 0 atom stereocenters. The van der Waals surface area contributed by atoms with Crippen LogP contribution in [0.5, 0.6) is 0 Å². The van der Waals surface area contributed by atoms with E-state index in [4.69, 9.17) is 15.9 Å². The molecule has 0 aliphatic heterocycles. The van der Waals surface area contributed by atoms with Crippen LogP contribution in [-0.2, 0) is 17.8 Å². The van der Waals surface area contributed by atoms with Crippen molar-refractivity contribution >= 4 is 38.4 Å². The van der Waals surface area contributed by atoms with E-state index in [9.17, 15) is 13.6 Å². The molecule has 0 bridgehead atoms. The molecule has 13 heteroatoms. The summed E-state index contributed by atoms with van der Waals surface area (Å²) in [5, 5.41) is 15.3. The molecule has 0 unspecified atom stereocenters. The molecule has 2 aromatic carbocycles. The van der Waals surface area contributed by atoms with Crippen molar-refractivity contribution in [3.05, 3.63) is 107 Å². The third-order valence-corrected chi connectivity index (χ3v) is 4.62. The van der Waals surface area contributed by atoms with Crippen molar-refractivity contribution < 1.29 is 18.3 Å².